The molecule has 2 aliphatic rings. The van der Waals surface area contributed by atoms with Crippen molar-refractivity contribution >= 4 is 35.5 Å². The van der Waals surface area contributed by atoms with E-state index in [9.17, 15) is 19.2 Å². The summed E-state index contributed by atoms with van der Waals surface area (Å²) in [6, 6.07) is 0. The van der Waals surface area contributed by atoms with E-state index in [1.807, 2.05) is 13.8 Å². The van der Waals surface area contributed by atoms with E-state index < -0.39 is 34.5 Å². The Hall–Kier alpha value is -1.65. The van der Waals surface area contributed by atoms with Crippen LogP contribution in [0.25, 0.3) is 0 Å². The normalized spacial score (nSPS) is 25.9. The number of cyclic esters (lactones) is 2. The molecule has 0 aromatic carbocycles. The third-order valence-electron chi connectivity index (χ3n) is 4.37. The van der Waals surface area contributed by atoms with Gasteiger partial charge in [0.1, 0.15) is 11.4 Å². The highest BCUT2D eigenvalue weighted by Crippen LogP contribution is 2.34. The van der Waals surface area contributed by atoms with Gasteiger partial charge in [0.2, 0.25) is 11.8 Å². The van der Waals surface area contributed by atoms with Gasteiger partial charge in [-0.2, -0.15) is 0 Å². The van der Waals surface area contributed by atoms with Gasteiger partial charge in [0, 0.05) is 30.7 Å². The Morgan fingerprint density at radius 3 is 2.50 bits per heavy atom. The molecule has 2 atom stereocenters. The van der Waals surface area contributed by atoms with Crippen LogP contribution in [0.15, 0.2) is 0 Å². The number of amides is 2. The first-order valence-corrected chi connectivity index (χ1v) is 10.3. The van der Waals surface area contributed by atoms with E-state index in [0.29, 0.717) is 18.9 Å². The Kier molecular flexibility index (Phi) is 7.46. The second-order valence-corrected chi connectivity index (χ2v) is 9.23. The van der Waals surface area contributed by atoms with Gasteiger partial charge >= 0.3 is 11.9 Å². The van der Waals surface area contributed by atoms with Crippen LogP contribution in [0.1, 0.15) is 40.5 Å². The minimum atomic E-state index is -0.830. The van der Waals surface area contributed by atoms with Crippen molar-refractivity contribution in [3.63, 3.8) is 0 Å². The van der Waals surface area contributed by atoms with Gasteiger partial charge < -0.3 is 24.8 Å². The molecule has 2 heterocycles. The van der Waals surface area contributed by atoms with Gasteiger partial charge in [-0.3, -0.25) is 19.2 Å². The van der Waals surface area contributed by atoms with Crippen molar-refractivity contribution in [2.75, 3.05) is 25.4 Å². The quantitative estimate of drug-likeness (QED) is 0.331. The Morgan fingerprint density at radius 2 is 1.86 bits per heavy atom. The fourth-order valence-corrected chi connectivity index (χ4v) is 3.72. The first-order valence-electron chi connectivity index (χ1n) is 9.22. The van der Waals surface area contributed by atoms with Crippen molar-refractivity contribution in [1.29, 1.82) is 0 Å². The van der Waals surface area contributed by atoms with E-state index >= 15 is 0 Å². The maximum absolute atomic E-state index is 12.4. The number of thioether (sulfide) groups is 1. The highest BCUT2D eigenvalue weighted by Gasteiger charge is 2.45. The highest BCUT2D eigenvalue weighted by atomic mass is 32.2. The average molecular weight is 416 g/mol. The molecule has 158 valence electrons. The summed E-state index contributed by atoms with van der Waals surface area (Å²) in [4.78, 5) is 46.6. The lowest BCUT2D eigenvalue weighted by Gasteiger charge is -2.44. The Balaban J connectivity index is 1.63. The molecule has 0 aromatic heterocycles. The second-order valence-electron chi connectivity index (χ2n) is 7.92. The van der Waals surface area contributed by atoms with Crippen LogP contribution in [0, 0.1) is 5.41 Å². The Labute approximate surface area is 168 Å². The Morgan fingerprint density at radius 1 is 1.14 bits per heavy atom. The number of esters is 2. The lowest BCUT2D eigenvalue weighted by molar-refractivity contribution is -0.304. The van der Waals surface area contributed by atoms with E-state index in [4.69, 9.17) is 9.47 Å². The molecule has 2 saturated heterocycles. The molecule has 0 saturated carbocycles. The second kappa shape index (κ2) is 9.23. The van der Waals surface area contributed by atoms with Crippen LogP contribution in [0.3, 0.4) is 0 Å². The number of carbonyl (C=O) groups is 4. The molecule has 1 unspecified atom stereocenters. The zero-order valence-electron chi connectivity index (χ0n) is 16.7. The van der Waals surface area contributed by atoms with Crippen LogP contribution in [-0.2, 0) is 33.4 Å². The van der Waals surface area contributed by atoms with Gasteiger partial charge in [-0.1, -0.05) is 13.8 Å². The fraction of sp³-hybridized carbons (Fsp3) is 0.778. The van der Waals surface area contributed by atoms with Crippen molar-refractivity contribution in [2.45, 2.75) is 57.7 Å². The van der Waals surface area contributed by atoms with E-state index in [-0.39, 0.29) is 31.2 Å². The fourth-order valence-electron chi connectivity index (χ4n) is 2.77. The molecular formula is C18H28N2O7S. The maximum atomic E-state index is 12.4. The zero-order valence-corrected chi connectivity index (χ0v) is 17.5. The Bertz CT molecular complexity index is 635. The van der Waals surface area contributed by atoms with Gasteiger partial charge in [-0.15, -0.1) is 11.8 Å². The molecule has 0 aromatic rings. The summed E-state index contributed by atoms with van der Waals surface area (Å²) >= 11 is 1.28. The number of rotatable bonds is 8. The summed E-state index contributed by atoms with van der Waals surface area (Å²) in [5, 5.41) is 4.96. The number of hydrogen-bond donors (Lipinski definition) is 2. The summed E-state index contributed by atoms with van der Waals surface area (Å²) in [6.45, 7) is 8.26. The molecule has 2 fully saturated rings. The molecule has 28 heavy (non-hydrogen) atoms. The molecule has 9 nitrogen and oxygen atoms in total. The van der Waals surface area contributed by atoms with E-state index in [1.54, 1.807) is 13.8 Å². The molecule has 2 aliphatic heterocycles. The standard InChI is InChI=1S/C18H28N2O7S/c1-17(2)10-25-18(3,4)27-14(17)15(23)20-6-5-12(21)19-7-8-28-11-9-13(22)26-16(11)24/h11,14H,5-10H2,1-4H3,(H,19,21)(H,20,23)/t11?,14-/m0/s1. The van der Waals surface area contributed by atoms with Crippen LogP contribution in [0.2, 0.25) is 0 Å². The van der Waals surface area contributed by atoms with E-state index in [2.05, 4.69) is 15.4 Å². The third kappa shape index (κ3) is 6.46. The van der Waals surface area contributed by atoms with Crippen molar-refractivity contribution in [3.05, 3.63) is 0 Å². The van der Waals surface area contributed by atoms with Gasteiger partial charge in [0.25, 0.3) is 0 Å². The van der Waals surface area contributed by atoms with Crippen LogP contribution < -0.4 is 10.6 Å². The number of hydrogen-bond acceptors (Lipinski definition) is 8. The highest BCUT2D eigenvalue weighted by molar-refractivity contribution is 8.00. The largest absolute Gasteiger partial charge is 0.392 e. The monoisotopic (exact) mass is 416 g/mol. The van der Waals surface area contributed by atoms with E-state index in [1.165, 1.54) is 11.8 Å². The summed E-state index contributed by atoms with van der Waals surface area (Å²) < 4.78 is 15.8. The predicted octanol–water partition coefficient (Wildman–Crippen LogP) is 0.362. The topological polar surface area (TPSA) is 120 Å². The summed E-state index contributed by atoms with van der Waals surface area (Å²) in [5.74, 6) is -1.85. The SMILES string of the molecule is CC1(C)OCC(C)(C)[C@H](C(=O)NCCC(=O)NCCSC2CC(=O)OC2=O)O1. The minimum absolute atomic E-state index is 0.0743. The van der Waals surface area contributed by atoms with Crippen LogP contribution in [0.5, 0.6) is 0 Å². The molecule has 2 N–H and O–H groups in total. The lowest BCUT2D eigenvalue weighted by atomic mass is 9.85. The molecule has 0 aliphatic carbocycles. The number of nitrogens with one attached hydrogen (secondary N) is 2. The zero-order chi connectivity index (χ0) is 20.9. The molecule has 10 heteroatoms. The van der Waals surface area contributed by atoms with Crippen LogP contribution in [-0.4, -0.2) is 66.3 Å². The smallest absolute Gasteiger partial charge is 0.327 e. The molecular weight excluding hydrogens is 388 g/mol. The summed E-state index contributed by atoms with van der Waals surface area (Å²) in [5.41, 5.74) is -0.470. The lowest BCUT2D eigenvalue weighted by Crippen LogP contribution is -2.56. The van der Waals surface area contributed by atoms with Crippen molar-refractivity contribution in [2.24, 2.45) is 5.41 Å². The van der Waals surface area contributed by atoms with Crippen molar-refractivity contribution < 1.29 is 33.4 Å². The molecule has 0 bridgehead atoms. The van der Waals surface area contributed by atoms with Gasteiger partial charge in [0.05, 0.1) is 13.0 Å². The third-order valence-corrected chi connectivity index (χ3v) is 5.57. The van der Waals surface area contributed by atoms with Crippen molar-refractivity contribution in [1.82, 2.24) is 10.6 Å². The van der Waals surface area contributed by atoms with Crippen LogP contribution in [0.4, 0.5) is 0 Å². The molecule has 2 rings (SSSR count). The summed E-state index contributed by atoms with van der Waals surface area (Å²) in [6.07, 6.45) is -0.456. The van der Waals surface area contributed by atoms with E-state index in [0.717, 1.165) is 0 Å². The predicted molar refractivity (Wildman–Crippen MR) is 101 cm³/mol. The number of carbonyl (C=O) groups excluding carboxylic acids is 4. The first kappa shape index (κ1) is 22.6. The van der Waals surface area contributed by atoms with Gasteiger partial charge in [-0.25, -0.2) is 0 Å². The maximum Gasteiger partial charge on any atom is 0.327 e. The average Bonchev–Trinajstić information content (AvgIpc) is 2.91. The first-order chi connectivity index (χ1) is 13.0. The molecule has 0 spiro atoms. The molecule has 0 radical (unpaired) electrons. The van der Waals surface area contributed by atoms with Gasteiger partial charge in [0.15, 0.2) is 5.79 Å². The van der Waals surface area contributed by atoms with Crippen molar-refractivity contribution in [3.8, 4) is 0 Å². The molecule has 2 amide bonds. The number of ether oxygens (including phenoxy) is 3. The van der Waals surface area contributed by atoms with Gasteiger partial charge in [-0.05, 0) is 13.8 Å². The van der Waals surface area contributed by atoms with Crippen LogP contribution >= 0.6 is 11.8 Å². The minimum Gasteiger partial charge on any atom is -0.392 e. The summed E-state index contributed by atoms with van der Waals surface area (Å²) in [7, 11) is 0.